The van der Waals surface area contributed by atoms with Gasteiger partial charge in [-0.3, -0.25) is 9.59 Å². The third-order valence-corrected chi connectivity index (χ3v) is 2.26. The minimum atomic E-state index is -4.60. The van der Waals surface area contributed by atoms with Gasteiger partial charge in [0.15, 0.2) is 0 Å². The zero-order valence-corrected chi connectivity index (χ0v) is 9.00. The third-order valence-electron chi connectivity index (χ3n) is 1.94. The van der Waals surface area contributed by atoms with Crippen LogP contribution in [0.15, 0.2) is 23.1 Å². The van der Waals surface area contributed by atoms with Crippen molar-refractivity contribution in [1.29, 1.82) is 0 Å². The molecular weight excluding hydrogens is 263 g/mol. The molecule has 17 heavy (non-hydrogen) atoms. The molecule has 0 bridgehead atoms. The van der Waals surface area contributed by atoms with E-state index in [1.54, 1.807) is 0 Å². The van der Waals surface area contributed by atoms with Crippen LogP contribution in [0.4, 0.5) is 13.2 Å². The highest BCUT2D eigenvalue weighted by atomic mass is 35.5. The molecule has 1 aromatic rings. The van der Waals surface area contributed by atoms with Gasteiger partial charge in [0.25, 0.3) is 5.56 Å². The summed E-state index contributed by atoms with van der Waals surface area (Å²) in [7, 11) is 0. The summed E-state index contributed by atoms with van der Waals surface area (Å²) in [5.41, 5.74) is -1.78. The second-order valence-electron chi connectivity index (χ2n) is 3.21. The molecule has 0 fully saturated rings. The Labute approximate surface area is 98.2 Å². The normalized spacial score (nSPS) is 13.4. The van der Waals surface area contributed by atoms with Crippen molar-refractivity contribution in [3.63, 3.8) is 0 Å². The summed E-state index contributed by atoms with van der Waals surface area (Å²) in [6.07, 6.45) is -4.05. The Morgan fingerprint density at radius 2 is 2.06 bits per heavy atom. The number of carboxylic acids is 1. The number of nitrogens with zero attached hydrogens (tertiary/aromatic N) is 1. The van der Waals surface area contributed by atoms with E-state index >= 15 is 0 Å². The maximum atomic E-state index is 12.3. The van der Waals surface area contributed by atoms with E-state index in [1.165, 1.54) is 0 Å². The van der Waals surface area contributed by atoms with Gasteiger partial charge < -0.3 is 9.67 Å². The van der Waals surface area contributed by atoms with Gasteiger partial charge in [0.2, 0.25) is 0 Å². The topological polar surface area (TPSA) is 59.3 Å². The summed E-state index contributed by atoms with van der Waals surface area (Å²) in [5.74, 6) is -1.41. The van der Waals surface area contributed by atoms with Crippen LogP contribution in [-0.2, 0) is 17.5 Å². The molecule has 1 N–H and O–H groups in total. The van der Waals surface area contributed by atoms with Crippen molar-refractivity contribution < 1.29 is 23.1 Å². The fourth-order valence-corrected chi connectivity index (χ4v) is 1.24. The van der Waals surface area contributed by atoms with Crippen molar-refractivity contribution in [2.45, 2.75) is 18.1 Å². The lowest BCUT2D eigenvalue weighted by atomic mass is 10.2. The van der Waals surface area contributed by atoms with E-state index in [0.29, 0.717) is 22.9 Å². The van der Waals surface area contributed by atoms with Gasteiger partial charge in [-0.25, -0.2) is 0 Å². The number of carbonyl (C=O) groups is 1. The van der Waals surface area contributed by atoms with Crippen LogP contribution < -0.4 is 5.56 Å². The Hall–Kier alpha value is -1.50. The molecule has 0 amide bonds. The molecule has 4 nitrogen and oxygen atoms in total. The number of halogens is 4. The molecule has 1 heterocycles. The molecule has 0 spiro atoms. The summed E-state index contributed by atoms with van der Waals surface area (Å²) in [6.45, 7) is -0.528. The first kappa shape index (κ1) is 13.6. The Kier molecular flexibility index (Phi) is 3.82. The van der Waals surface area contributed by atoms with E-state index in [0.717, 1.165) is 0 Å². The summed E-state index contributed by atoms with van der Waals surface area (Å²) >= 11 is 5.35. The van der Waals surface area contributed by atoms with Crippen LogP contribution in [0.1, 0.15) is 5.56 Å². The van der Waals surface area contributed by atoms with Crippen molar-refractivity contribution in [3.8, 4) is 0 Å². The number of hydrogen-bond acceptors (Lipinski definition) is 2. The van der Waals surface area contributed by atoms with Crippen molar-refractivity contribution in [2.75, 3.05) is 0 Å². The molecule has 0 saturated heterocycles. The van der Waals surface area contributed by atoms with E-state index in [2.05, 4.69) is 0 Å². The van der Waals surface area contributed by atoms with Crippen LogP contribution in [0.25, 0.3) is 0 Å². The van der Waals surface area contributed by atoms with Crippen LogP contribution in [0, 0.1) is 0 Å². The molecule has 1 atom stereocenters. The number of aromatic nitrogens is 1. The zero-order chi connectivity index (χ0) is 13.2. The smallest absolute Gasteiger partial charge is 0.417 e. The Bertz CT molecular complexity index is 483. The lowest BCUT2D eigenvalue weighted by Gasteiger charge is -2.11. The van der Waals surface area contributed by atoms with Crippen molar-refractivity contribution >= 4 is 17.6 Å². The van der Waals surface area contributed by atoms with E-state index in [9.17, 15) is 22.8 Å². The molecule has 0 aliphatic rings. The Morgan fingerprint density at radius 1 is 1.47 bits per heavy atom. The molecular formula is C9H7ClF3NO3. The number of hydrogen-bond donors (Lipinski definition) is 1. The molecule has 8 heteroatoms. The van der Waals surface area contributed by atoms with Gasteiger partial charge in [0, 0.05) is 12.3 Å². The SMILES string of the molecule is O=C(O)C(Cl)Cn1cc(C(F)(F)F)ccc1=O. The van der Waals surface area contributed by atoms with E-state index < -0.39 is 35.2 Å². The molecule has 1 rings (SSSR count). The lowest BCUT2D eigenvalue weighted by Crippen LogP contribution is -2.28. The number of pyridine rings is 1. The molecule has 0 aromatic carbocycles. The minimum absolute atomic E-state index is 0.528. The maximum absolute atomic E-state index is 12.3. The summed E-state index contributed by atoms with van der Waals surface area (Å²) in [6, 6.07) is 1.34. The van der Waals surface area contributed by atoms with Crippen LogP contribution in [0.2, 0.25) is 0 Å². The molecule has 0 saturated carbocycles. The van der Waals surface area contributed by atoms with Crippen molar-refractivity contribution in [2.24, 2.45) is 0 Å². The van der Waals surface area contributed by atoms with Gasteiger partial charge in [0.05, 0.1) is 12.1 Å². The first-order chi connectivity index (χ1) is 7.71. The fraction of sp³-hybridized carbons (Fsp3) is 0.333. The number of aliphatic carboxylic acids is 1. The highest BCUT2D eigenvalue weighted by Gasteiger charge is 2.31. The average Bonchev–Trinajstić information content (AvgIpc) is 2.19. The molecule has 1 unspecified atom stereocenters. The summed E-state index contributed by atoms with van der Waals surface area (Å²) < 4.78 is 37.6. The van der Waals surface area contributed by atoms with Gasteiger partial charge in [0.1, 0.15) is 5.38 Å². The van der Waals surface area contributed by atoms with E-state index in [1.807, 2.05) is 0 Å². The van der Waals surface area contributed by atoms with Gasteiger partial charge in [-0.1, -0.05) is 0 Å². The second kappa shape index (κ2) is 4.79. The van der Waals surface area contributed by atoms with Crippen LogP contribution in [0.5, 0.6) is 0 Å². The number of alkyl halides is 4. The highest BCUT2D eigenvalue weighted by Crippen LogP contribution is 2.28. The van der Waals surface area contributed by atoms with Gasteiger partial charge in [-0.05, 0) is 6.07 Å². The van der Waals surface area contributed by atoms with Crippen molar-refractivity contribution in [1.82, 2.24) is 4.57 Å². The van der Waals surface area contributed by atoms with Gasteiger partial charge in [-0.15, -0.1) is 11.6 Å². The highest BCUT2D eigenvalue weighted by molar-refractivity contribution is 6.29. The Morgan fingerprint density at radius 3 is 2.53 bits per heavy atom. The predicted molar refractivity (Wildman–Crippen MR) is 53.0 cm³/mol. The predicted octanol–water partition coefficient (Wildman–Crippen LogP) is 1.56. The molecule has 94 valence electrons. The lowest BCUT2D eigenvalue weighted by molar-refractivity contribution is -0.138. The molecule has 1 aromatic heterocycles. The average molecular weight is 270 g/mol. The van der Waals surface area contributed by atoms with Crippen molar-refractivity contribution in [3.05, 3.63) is 34.2 Å². The largest absolute Gasteiger partial charge is 0.480 e. The van der Waals surface area contributed by atoms with Gasteiger partial charge in [-0.2, -0.15) is 13.2 Å². The maximum Gasteiger partial charge on any atom is 0.417 e. The van der Waals surface area contributed by atoms with Crippen LogP contribution in [0.3, 0.4) is 0 Å². The third kappa shape index (κ3) is 3.48. The summed E-state index contributed by atoms with van der Waals surface area (Å²) in [4.78, 5) is 21.6. The monoisotopic (exact) mass is 269 g/mol. The van der Waals surface area contributed by atoms with Crippen LogP contribution >= 0.6 is 11.6 Å². The number of rotatable bonds is 3. The molecule has 0 aliphatic heterocycles. The first-order valence-corrected chi connectivity index (χ1v) is 4.80. The number of carboxylic acid groups (broad SMARTS) is 1. The quantitative estimate of drug-likeness (QED) is 0.847. The van der Waals surface area contributed by atoms with Gasteiger partial charge >= 0.3 is 12.1 Å². The van der Waals surface area contributed by atoms with Crippen LogP contribution in [-0.4, -0.2) is 21.0 Å². The molecule has 0 aliphatic carbocycles. The minimum Gasteiger partial charge on any atom is -0.480 e. The first-order valence-electron chi connectivity index (χ1n) is 4.36. The van der Waals surface area contributed by atoms with E-state index in [4.69, 9.17) is 16.7 Å². The standard InChI is InChI=1S/C9H7ClF3NO3/c10-6(8(16)17)4-14-3-5(9(11,12)13)1-2-7(14)15/h1-3,6H,4H2,(H,16,17). The Balaban J connectivity index is 3.08. The van der Waals surface area contributed by atoms with E-state index in [-0.39, 0.29) is 0 Å². The molecule has 0 radical (unpaired) electrons. The second-order valence-corrected chi connectivity index (χ2v) is 3.74. The fourth-order valence-electron chi connectivity index (χ4n) is 1.09. The zero-order valence-electron chi connectivity index (χ0n) is 8.24. The summed E-state index contributed by atoms with van der Waals surface area (Å²) in [5, 5.41) is 7.03.